The highest BCUT2D eigenvalue weighted by atomic mass is 28.4. The van der Waals surface area contributed by atoms with Crippen molar-refractivity contribution >= 4 is 14.0 Å². The molecule has 0 aliphatic carbocycles. The van der Waals surface area contributed by atoms with E-state index in [1.165, 1.54) is 6.92 Å². The molecule has 1 heterocycles. The molecule has 0 aromatic heterocycles. The molecule has 0 saturated heterocycles. The smallest absolute Gasteiger partial charge is 0.413 e. The molecule has 0 saturated carbocycles. The highest BCUT2D eigenvalue weighted by Gasteiger charge is 2.93. The highest BCUT2D eigenvalue weighted by Crippen LogP contribution is 2.65. The van der Waals surface area contributed by atoms with E-state index in [2.05, 4.69) is 14.4 Å². The van der Waals surface area contributed by atoms with Crippen LogP contribution in [-0.4, -0.2) is 134 Å². The quantitative estimate of drug-likeness (QED) is 0.0638. The summed E-state index contributed by atoms with van der Waals surface area (Å²) < 4.78 is 547. The summed E-state index contributed by atoms with van der Waals surface area (Å²) in [5.41, 5.74) is -3.04. The molecule has 1 unspecified atom stereocenters. The van der Waals surface area contributed by atoms with Gasteiger partial charge in [0, 0.05) is 25.7 Å². The second-order valence-electron chi connectivity index (χ2n) is 16.6. The number of hydrogen-bond acceptors (Lipinski definition) is 3. The van der Waals surface area contributed by atoms with E-state index in [0.717, 1.165) is 0 Å². The summed E-state index contributed by atoms with van der Waals surface area (Å²) >= 11 is 0. The molecule has 43 heteroatoms. The zero-order valence-corrected chi connectivity index (χ0v) is 36.6. The first kappa shape index (κ1) is 69.9. The van der Waals surface area contributed by atoms with E-state index in [4.69, 9.17) is 0 Å². The van der Waals surface area contributed by atoms with Gasteiger partial charge in [-0.1, -0.05) is 18.5 Å². The number of nitrogens with zero attached hydrogens (tertiary/aromatic N) is 1. The molecule has 1 aliphatic heterocycles. The Hall–Kier alpha value is -3.08. The number of hydrogen-bond donors (Lipinski definition) is 0. The standard InChI is InChI=1S/C32H26F39NO2Si/c1-3-4-13-11-14(2,74-72-13)12-73-75(8-5-15(33,34)18(39,40)21(45,46)24(51,52)27(57,58)30(63,64)65,9-6-16(35,36)19(41,42)22(47,48)25(53,54)28(59,60)31(66,67)68)10-7-17(37,38)20(43,44)23(49,50)26(55,56)29(61,62)32(69,70)71/h3-12H2,1-2H3. The van der Waals surface area contributed by atoms with Crippen LogP contribution < -0.4 is 0 Å². The molecule has 1 atom stereocenters. The summed E-state index contributed by atoms with van der Waals surface area (Å²) in [6.45, 7) is -0.458. The van der Waals surface area contributed by atoms with Gasteiger partial charge in [0.25, 0.3) is 0 Å². The average Bonchev–Trinajstić information content (AvgIpc) is 3.58. The van der Waals surface area contributed by atoms with Crippen LogP contribution in [0.5, 0.6) is 0 Å². The fourth-order valence-corrected chi connectivity index (χ4v) is 10.2. The van der Waals surface area contributed by atoms with Crippen molar-refractivity contribution in [3.05, 3.63) is 0 Å². The van der Waals surface area contributed by atoms with Crippen LogP contribution in [0.15, 0.2) is 5.16 Å². The number of oxime groups is 1. The lowest BCUT2D eigenvalue weighted by Crippen LogP contribution is -2.70. The highest BCUT2D eigenvalue weighted by molar-refractivity contribution is 6.73. The van der Waals surface area contributed by atoms with Crippen LogP contribution in [0.1, 0.15) is 52.4 Å². The molecule has 0 radical (unpaired) electrons. The van der Waals surface area contributed by atoms with Gasteiger partial charge in [-0.3, -0.25) is 0 Å². The third-order valence-corrected chi connectivity index (χ3v) is 15.1. The van der Waals surface area contributed by atoms with Gasteiger partial charge in [-0.25, -0.2) is 0 Å². The van der Waals surface area contributed by atoms with Gasteiger partial charge in [0.2, 0.25) is 0 Å². The molecule has 3 nitrogen and oxygen atoms in total. The largest absolute Gasteiger partial charge is 0.460 e. The fourth-order valence-electron chi connectivity index (χ4n) is 6.10. The third-order valence-electron chi connectivity index (χ3n) is 10.9. The van der Waals surface area contributed by atoms with Gasteiger partial charge in [-0.05, 0) is 31.5 Å². The second kappa shape index (κ2) is 19.6. The third kappa shape index (κ3) is 11.1. The molecule has 75 heavy (non-hydrogen) atoms. The Balaban J connectivity index is 4.46. The lowest BCUT2D eigenvalue weighted by molar-refractivity contribution is -0.440. The monoisotopic (exact) mass is 1230 g/mol. The summed E-state index contributed by atoms with van der Waals surface area (Å²) in [5.74, 6) is -128. The van der Waals surface area contributed by atoms with Crippen LogP contribution >= 0.6 is 0 Å². The van der Waals surface area contributed by atoms with E-state index in [0.29, 0.717) is 6.92 Å². The normalized spacial score (nSPS) is 19.2. The zero-order valence-electron chi connectivity index (χ0n) is 35.6. The van der Waals surface area contributed by atoms with Gasteiger partial charge >= 0.3 is 107 Å². The second-order valence-corrected chi connectivity index (χ2v) is 20.8. The summed E-state index contributed by atoms with van der Waals surface area (Å²) in [6.07, 6.45) is -38.3. The van der Waals surface area contributed by atoms with E-state index in [1.54, 1.807) is 0 Å². The van der Waals surface area contributed by atoms with Crippen molar-refractivity contribution in [2.24, 2.45) is 5.16 Å². The summed E-state index contributed by atoms with van der Waals surface area (Å²) in [6, 6.07) is -10.4. The topological polar surface area (TPSA) is 30.8 Å². The Morgan fingerprint density at radius 3 is 0.827 bits per heavy atom. The van der Waals surface area contributed by atoms with E-state index in [9.17, 15) is 145 Å². The van der Waals surface area contributed by atoms with Crippen molar-refractivity contribution in [3.63, 3.8) is 0 Å². The van der Waals surface area contributed by atoms with Crippen LogP contribution in [0, 0.1) is 0 Å². The van der Waals surface area contributed by atoms with E-state index >= 15 is 26.3 Å². The number of rotatable bonds is 26. The molecule has 0 aromatic carbocycles. The average molecular weight is 1230 g/mol. The lowest BCUT2D eigenvalue weighted by Gasteiger charge is -2.43. The van der Waals surface area contributed by atoms with Gasteiger partial charge in [0.1, 0.15) is 0 Å². The van der Waals surface area contributed by atoms with Crippen molar-refractivity contribution < 1.29 is 180 Å². The van der Waals surface area contributed by atoms with Crippen molar-refractivity contribution in [1.82, 2.24) is 0 Å². The molecule has 0 amide bonds. The maximum absolute atomic E-state index is 15.1. The zero-order chi connectivity index (χ0) is 60.8. The minimum atomic E-state index is -8.92. The minimum Gasteiger partial charge on any atom is -0.413 e. The van der Waals surface area contributed by atoms with Crippen LogP contribution in [0.4, 0.5) is 171 Å². The number of halogens is 39. The Morgan fingerprint density at radius 1 is 0.387 bits per heavy atom. The molecular formula is C32H26F39NO2Si. The molecule has 0 bridgehead atoms. The van der Waals surface area contributed by atoms with Gasteiger partial charge in [0.15, 0.2) is 13.9 Å². The van der Waals surface area contributed by atoms with Gasteiger partial charge in [-0.2, -0.15) is 171 Å². The molecule has 0 spiro atoms. The van der Waals surface area contributed by atoms with E-state index < -0.39 is 172 Å². The molecule has 1 rings (SSSR count). The van der Waals surface area contributed by atoms with Gasteiger partial charge in [-0.15, -0.1) is 0 Å². The van der Waals surface area contributed by atoms with Crippen LogP contribution in [0.2, 0.25) is 18.1 Å². The first-order chi connectivity index (χ1) is 32.2. The lowest BCUT2D eigenvalue weighted by atomic mass is 9.93. The molecular weight excluding hydrogens is 1200 g/mol. The maximum Gasteiger partial charge on any atom is 0.460 e. The van der Waals surface area contributed by atoms with Crippen molar-refractivity contribution in [3.8, 4) is 0 Å². The molecule has 0 N–H and O–H groups in total. The van der Waals surface area contributed by atoms with E-state index in [1.807, 2.05) is 0 Å². The fraction of sp³-hybridized carbons (Fsp3) is 0.969. The first-order valence-corrected chi connectivity index (χ1v) is 21.5. The Morgan fingerprint density at radius 2 is 0.613 bits per heavy atom. The number of alkyl halides is 39. The van der Waals surface area contributed by atoms with Crippen LogP contribution in [-0.2, 0) is 9.26 Å². The maximum atomic E-state index is 15.1. The molecule has 0 fully saturated rings. The summed E-state index contributed by atoms with van der Waals surface area (Å²) in [5, 5.41) is 3.20. The summed E-state index contributed by atoms with van der Waals surface area (Å²) in [7, 11) is -7.38. The van der Waals surface area contributed by atoms with Gasteiger partial charge in [0.05, 0.1) is 12.3 Å². The molecule has 0 aromatic rings. The van der Waals surface area contributed by atoms with E-state index in [-0.39, 0.29) is 18.6 Å². The predicted octanol–water partition coefficient (Wildman–Crippen LogP) is 16.7. The Kier molecular flexibility index (Phi) is 18.3. The van der Waals surface area contributed by atoms with Gasteiger partial charge < -0.3 is 9.26 Å². The van der Waals surface area contributed by atoms with Crippen molar-refractivity contribution in [2.75, 3.05) is 6.61 Å². The van der Waals surface area contributed by atoms with Crippen LogP contribution in [0.25, 0.3) is 0 Å². The SMILES string of the molecule is CCCC1=NOC(C)(CO[Si](CCC(F)(F)C(F)(F)C(F)(F)C(F)(F)C(F)(F)C(F)(F)F)(CCC(F)(F)C(F)(F)C(F)(F)C(F)(F)C(F)(F)C(F)(F)F)CCC(F)(F)C(F)(F)C(F)(F)C(F)(F)C(F)(F)C(F)(F)F)C1. The van der Waals surface area contributed by atoms with Crippen LogP contribution in [0.3, 0.4) is 0 Å². The minimum absolute atomic E-state index is 0.0521. The first-order valence-electron chi connectivity index (χ1n) is 19.0. The van der Waals surface area contributed by atoms with Crippen molar-refractivity contribution in [2.45, 2.75) is 183 Å². The Bertz CT molecular complexity index is 1810. The van der Waals surface area contributed by atoms with Crippen molar-refractivity contribution in [1.29, 1.82) is 0 Å². The molecule has 1 aliphatic rings. The Labute approximate surface area is 390 Å². The predicted molar refractivity (Wildman–Crippen MR) is 169 cm³/mol. The molecule has 448 valence electrons. The summed E-state index contributed by atoms with van der Waals surface area (Å²) in [4.78, 5) is 4.67.